The Bertz CT molecular complexity index is 300. The minimum atomic E-state index is 0.549. The minimum Gasteiger partial charge on any atom is -0.308 e. The Labute approximate surface area is 104 Å². The molecule has 0 saturated heterocycles. The van der Waals surface area contributed by atoms with Crippen LogP contribution < -0.4 is 5.32 Å². The first-order chi connectivity index (χ1) is 7.52. The number of rotatable bonds is 6. The summed E-state index contributed by atoms with van der Waals surface area (Å²) < 4.78 is 0. The molecule has 0 bridgehead atoms. The Morgan fingerprint density at radius 2 is 2.12 bits per heavy atom. The van der Waals surface area contributed by atoms with Crippen molar-refractivity contribution >= 4 is 11.3 Å². The van der Waals surface area contributed by atoms with Gasteiger partial charge in [-0.1, -0.05) is 6.92 Å². The van der Waals surface area contributed by atoms with Crippen LogP contribution in [-0.4, -0.2) is 31.1 Å². The monoisotopic (exact) mass is 240 g/mol. The highest BCUT2D eigenvalue weighted by Crippen LogP contribution is 2.20. The van der Waals surface area contributed by atoms with E-state index in [2.05, 4.69) is 51.0 Å². The Kier molecular flexibility index (Phi) is 5.46. The first-order valence-electron chi connectivity index (χ1n) is 6.00. The van der Waals surface area contributed by atoms with Gasteiger partial charge in [-0.15, -0.1) is 11.3 Å². The Morgan fingerprint density at radius 3 is 2.62 bits per heavy atom. The molecule has 0 aromatic carbocycles. The van der Waals surface area contributed by atoms with Crippen LogP contribution in [0.3, 0.4) is 0 Å². The highest BCUT2D eigenvalue weighted by molar-refractivity contribution is 7.12. The molecule has 0 aliphatic heterocycles. The van der Waals surface area contributed by atoms with Crippen LogP contribution in [0.2, 0.25) is 0 Å². The van der Waals surface area contributed by atoms with E-state index in [9.17, 15) is 0 Å². The van der Waals surface area contributed by atoms with Gasteiger partial charge in [-0.25, -0.2) is 0 Å². The van der Waals surface area contributed by atoms with Crippen LogP contribution in [0.15, 0.2) is 6.07 Å². The zero-order valence-electron chi connectivity index (χ0n) is 11.1. The average molecular weight is 240 g/mol. The van der Waals surface area contributed by atoms with Gasteiger partial charge in [0.05, 0.1) is 0 Å². The molecule has 1 aromatic heterocycles. The number of hydrogen-bond donors (Lipinski definition) is 1. The molecule has 0 fully saturated rings. The molecule has 1 aromatic rings. The molecule has 0 radical (unpaired) electrons. The van der Waals surface area contributed by atoms with E-state index >= 15 is 0 Å². The third kappa shape index (κ3) is 4.24. The van der Waals surface area contributed by atoms with Crippen LogP contribution in [0.1, 0.15) is 29.2 Å². The predicted molar refractivity (Wildman–Crippen MR) is 73.3 cm³/mol. The highest BCUT2D eigenvalue weighted by Gasteiger charge is 2.06. The molecule has 16 heavy (non-hydrogen) atoms. The molecule has 0 spiro atoms. The molecule has 1 heterocycles. The van der Waals surface area contributed by atoms with E-state index in [0.29, 0.717) is 6.04 Å². The molecule has 0 saturated carbocycles. The van der Waals surface area contributed by atoms with Gasteiger partial charge in [0.25, 0.3) is 0 Å². The van der Waals surface area contributed by atoms with Gasteiger partial charge in [0.1, 0.15) is 0 Å². The van der Waals surface area contributed by atoms with Crippen molar-refractivity contribution in [2.45, 2.75) is 40.3 Å². The number of nitrogens with one attached hydrogen (secondary N) is 1. The van der Waals surface area contributed by atoms with Gasteiger partial charge in [0.2, 0.25) is 0 Å². The molecule has 0 aliphatic carbocycles. The smallest absolute Gasteiger partial charge is 0.0302 e. The summed E-state index contributed by atoms with van der Waals surface area (Å²) in [6, 6.07) is 2.84. The standard InChI is InChI=1S/C13H24N2S/c1-6-15(5)9-11(3)14-8-13-7-10(2)12(4)16-13/h7,11,14H,6,8-9H2,1-5H3. The Morgan fingerprint density at radius 1 is 1.44 bits per heavy atom. The van der Waals surface area contributed by atoms with Crippen LogP contribution >= 0.6 is 11.3 Å². The topological polar surface area (TPSA) is 15.3 Å². The van der Waals surface area contributed by atoms with E-state index in [0.717, 1.165) is 19.6 Å². The normalized spacial score (nSPS) is 13.4. The van der Waals surface area contributed by atoms with Crippen LogP contribution in [-0.2, 0) is 6.54 Å². The van der Waals surface area contributed by atoms with Crippen LogP contribution in [0.25, 0.3) is 0 Å². The lowest BCUT2D eigenvalue weighted by molar-refractivity contribution is 0.310. The van der Waals surface area contributed by atoms with Crippen molar-refractivity contribution in [3.8, 4) is 0 Å². The fourth-order valence-electron chi connectivity index (χ4n) is 1.67. The molecule has 1 atom stereocenters. The molecule has 0 aliphatic rings. The van der Waals surface area contributed by atoms with Crippen molar-refractivity contribution in [1.29, 1.82) is 0 Å². The maximum Gasteiger partial charge on any atom is 0.0302 e. The highest BCUT2D eigenvalue weighted by atomic mass is 32.1. The van der Waals surface area contributed by atoms with E-state index < -0.39 is 0 Å². The lowest BCUT2D eigenvalue weighted by Crippen LogP contribution is -2.36. The van der Waals surface area contributed by atoms with Crippen molar-refractivity contribution in [2.75, 3.05) is 20.1 Å². The quantitative estimate of drug-likeness (QED) is 0.822. The zero-order valence-corrected chi connectivity index (χ0v) is 11.9. The molecule has 0 amide bonds. The summed E-state index contributed by atoms with van der Waals surface area (Å²) >= 11 is 1.90. The molecule has 1 unspecified atom stereocenters. The second kappa shape index (κ2) is 6.38. The maximum absolute atomic E-state index is 3.57. The van der Waals surface area contributed by atoms with Gasteiger partial charge in [-0.3, -0.25) is 0 Å². The van der Waals surface area contributed by atoms with E-state index in [4.69, 9.17) is 0 Å². The van der Waals surface area contributed by atoms with Crippen LogP contribution in [0.4, 0.5) is 0 Å². The fraction of sp³-hybridized carbons (Fsp3) is 0.692. The van der Waals surface area contributed by atoms with Crippen molar-refractivity contribution in [3.63, 3.8) is 0 Å². The van der Waals surface area contributed by atoms with Gasteiger partial charge in [0.15, 0.2) is 0 Å². The molecule has 1 rings (SSSR count). The van der Waals surface area contributed by atoms with Gasteiger partial charge < -0.3 is 10.2 Å². The van der Waals surface area contributed by atoms with Gasteiger partial charge >= 0.3 is 0 Å². The summed E-state index contributed by atoms with van der Waals surface area (Å²) in [5, 5.41) is 3.57. The summed E-state index contributed by atoms with van der Waals surface area (Å²) in [6.07, 6.45) is 0. The van der Waals surface area contributed by atoms with Gasteiger partial charge in [-0.2, -0.15) is 0 Å². The SMILES string of the molecule is CCN(C)CC(C)NCc1cc(C)c(C)s1. The Hall–Kier alpha value is -0.380. The van der Waals surface area contributed by atoms with E-state index in [1.54, 1.807) is 0 Å². The van der Waals surface area contributed by atoms with E-state index in [1.165, 1.54) is 15.3 Å². The molecule has 1 N–H and O–H groups in total. The summed E-state index contributed by atoms with van der Waals surface area (Å²) in [5.41, 5.74) is 1.42. The van der Waals surface area contributed by atoms with E-state index in [1.807, 2.05) is 11.3 Å². The number of nitrogens with zero attached hydrogens (tertiary/aromatic N) is 1. The lowest BCUT2D eigenvalue weighted by atomic mass is 10.2. The fourth-order valence-corrected chi connectivity index (χ4v) is 2.68. The summed E-state index contributed by atoms with van der Waals surface area (Å²) in [7, 11) is 2.16. The molecule has 92 valence electrons. The number of aryl methyl sites for hydroxylation is 2. The number of hydrogen-bond acceptors (Lipinski definition) is 3. The molecular formula is C13H24N2S. The summed E-state index contributed by atoms with van der Waals surface area (Å²) in [5.74, 6) is 0. The second-order valence-corrected chi connectivity index (χ2v) is 5.93. The molecular weight excluding hydrogens is 216 g/mol. The van der Waals surface area contributed by atoms with Crippen molar-refractivity contribution in [3.05, 3.63) is 21.4 Å². The minimum absolute atomic E-state index is 0.549. The molecule has 2 nitrogen and oxygen atoms in total. The van der Waals surface area contributed by atoms with E-state index in [-0.39, 0.29) is 0 Å². The third-order valence-electron chi connectivity index (χ3n) is 2.97. The second-order valence-electron chi connectivity index (χ2n) is 4.59. The lowest BCUT2D eigenvalue weighted by Gasteiger charge is -2.20. The predicted octanol–water partition coefficient (Wildman–Crippen LogP) is 2.79. The van der Waals surface area contributed by atoms with Crippen LogP contribution in [0, 0.1) is 13.8 Å². The molecule has 3 heteroatoms. The van der Waals surface area contributed by atoms with Gasteiger partial charge in [-0.05, 0) is 46.0 Å². The van der Waals surface area contributed by atoms with Crippen molar-refractivity contribution in [1.82, 2.24) is 10.2 Å². The largest absolute Gasteiger partial charge is 0.308 e. The number of likely N-dealkylation sites (N-methyl/N-ethyl adjacent to an activating group) is 1. The summed E-state index contributed by atoms with van der Waals surface area (Å²) in [4.78, 5) is 5.22. The first kappa shape index (κ1) is 13.7. The van der Waals surface area contributed by atoms with Gasteiger partial charge in [0, 0.05) is 28.9 Å². The van der Waals surface area contributed by atoms with Crippen LogP contribution in [0.5, 0.6) is 0 Å². The Balaban J connectivity index is 2.34. The summed E-state index contributed by atoms with van der Waals surface area (Å²) in [6.45, 7) is 12.0. The average Bonchev–Trinajstić information content (AvgIpc) is 2.55. The first-order valence-corrected chi connectivity index (χ1v) is 6.82. The van der Waals surface area contributed by atoms with Crippen molar-refractivity contribution in [2.24, 2.45) is 0 Å². The zero-order chi connectivity index (χ0) is 12.1. The maximum atomic E-state index is 3.57. The third-order valence-corrected chi connectivity index (χ3v) is 4.12. The van der Waals surface area contributed by atoms with Crippen molar-refractivity contribution < 1.29 is 0 Å². The number of thiophene rings is 1.